The van der Waals surface area contributed by atoms with Crippen LogP contribution >= 0.6 is 0 Å². The van der Waals surface area contributed by atoms with Crippen molar-refractivity contribution in [3.63, 3.8) is 0 Å². The lowest BCUT2D eigenvalue weighted by atomic mass is 10.3. The number of carbonyl (C=O) groups is 1. The zero-order valence-electron chi connectivity index (χ0n) is 8.28. The Hall–Kier alpha value is -1.72. The van der Waals surface area contributed by atoms with Gasteiger partial charge in [-0.3, -0.25) is 4.79 Å². The lowest BCUT2D eigenvalue weighted by Crippen LogP contribution is -2.22. The molecular formula is C9H10F2N2O2. The summed E-state index contributed by atoms with van der Waals surface area (Å²) < 4.78 is 27.7. The van der Waals surface area contributed by atoms with Crippen LogP contribution in [0.3, 0.4) is 0 Å². The number of ether oxygens (including phenoxy) is 1. The normalized spacial score (nSPS) is 10.2. The van der Waals surface area contributed by atoms with Crippen LogP contribution in [-0.2, 0) is 0 Å². The molecule has 0 aromatic carbocycles. The largest absolute Gasteiger partial charge is 0.433 e. The highest BCUT2D eigenvalue weighted by atomic mass is 19.3. The standard InChI is InChI=1S/C9H10F2N2O2/c1-13(2)8(14)7-4-3-6(5-12-7)15-9(10)11/h3-5,9H,1-2H3. The van der Waals surface area contributed by atoms with E-state index in [1.54, 1.807) is 14.1 Å². The number of aromatic nitrogens is 1. The van der Waals surface area contributed by atoms with E-state index in [-0.39, 0.29) is 17.4 Å². The fourth-order valence-corrected chi connectivity index (χ4v) is 0.908. The van der Waals surface area contributed by atoms with Crippen molar-refractivity contribution in [1.29, 1.82) is 0 Å². The Morgan fingerprint density at radius 2 is 2.13 bits per heavy atom. The summed E-state index contributed by atoms with van der Waals surface area (Å²) in [6.07, 6.45) is 1.09. The van der Waals surface area contributed by atoms with Crippen molar-refractivity contribution in [1.82, 2.24) is 9.88 Å². The van der Waals surface area contributed by atoms with Crippen molar-refractivity contribution in [3.8, 4) is 5.75 Å². The molecule has 0 saturated heterocycles. The number of hydrogen-bond acceptors (Lipinski definition) is 3. The molecule has 0 unspecified atom stereocenters. The molecule has 1 heterocycles. The van der Waals surface area contributed by atoms with E-state index in [2.05, 4.69) is 9.72 Å². The van der Waals surface area contributed by atoms with Gasteiger partial charge in [0.05, 0.1) is 6.20 Å². The number of nitrogens with zero attached hydrogens (tertiary/aromatic N) is 2. The molecule has 0 bridgehead atoms. The number of carbonyl (C=O) groups excluding carboxylic acids is 1. The summed E-state index contributed by atoms with van der Waals surface area (Å²) in [5.74, 6) is -0.362. The van der Waals surface area contributed by atoms with Gasteiger partial charge >= 0.3 is 6.61 Å². The molecule has 1 amide bonds. The summed E-state index contributed by atoms with van der Waals surface area (Å²) in [5, 5.41) is 0. The van der Waals surface area contributed by atoms with E-state index in [9.17, 15) is 13.6 Å². The molecular weight excluding hydrogens is 206 g/mol. The van der Waals surface area contributed by atoms with Gasteiger partial charge in [-0.25, -0.2) is 4.98 Å². The first kappa shape index (κ1) is 11.4. The Morgan fingerprint density at radius 1 is 1.47 bits per heavy atom. The van der Waals surface area contributed by atoms with Crippen LogP contribution in [0.2, 0.25) is 0 Å². The summed E-state index contributed by atoms with van der Waals surface area (Å²) in [5.41, 5.74) is 0.182. The third kappa shape index (κ3) is 3.16. The highest BCUT2D eigenvalue weighted by Gasteiger charge is 2.10. The van der Waals surface area contributed by atoms with Crippen molar-refractivity contribution in [2.45, 2.75) is 6.61 Å². The predicted octanol–water partition coefficient (Wildman–Crippen LogP) is 1.38. The van der Waals surface area contributed by atoms with Gasteiger partial charge in [0.1, 0.15) is 11.4 Å². The topological polar surface area (TPSA) is 42.4 Å². The monoisotopic (exact) mass is 216 g/mol. The lowest BCUT2D eigenvalue weighted by molar-refractivity contribution is -0.0500. The fraction of sp³-hybridized carbons (Fsp3) is 0.333. The average molecular weight is 216 g/mol. The molecule has 0 fully saturated rings. The molecule has 1 aromatic rings. The van der Waals surface area contributed by atoms with Crippen molar-refractivity contribution in [2.24, 2.45) is 0 Å². The van der Waals surface area contributed by atoms with Crippen LogP contribution in [0.1, 0.15) is 10.5 Å². The van der Waals surface area contributed by atoms with Gasteiger partial charge in [-0.05, 0) is 12.1 Å². The molecule has 15 heavy (non-hydrogen) atoms. The van der Waals surface area contributed by atoms with E-state index < -0.39 is 6.61 Å². The first-order valence-electron chi connectivity index (χ1n) is 4.13. The maximum absolute atomic E-state index is 11.8. The molecule has 4 nitrogen and oxygen atoms in total. The Labute approximate surface area is 85.5 Å². The molecule has 0 atom stereocenters. The van der Waals surface area contributed by atoms with Gasteiger partial charge in [-0.15, -0.1) is 0 Å². The van der Waals surface area contributed by atoms with Crippen LogP contribution in [0.5, 0.6) is 5.75 Å². The third-order valence-electron chi connectivity index (χ3n) is 1.59. The van der Waals surface area contributed by atoms with E-state index in [4.69, 9.17) is 0 Å². The zero-order chi connectivity index (χ0) is 11.4. The van der Waals surface area contributed by atoms with Gasteiger partial charge in [-0.1, -0.05) is 0 Å². The second-order valence-electron chi connectivity index (χ2n) is 2.96. The van der Waals surface area contributed by atoms with Gasteiger partial charge in [0.25, 0.3) is 5.91 Å². The smallest absolute Gasteiger partial charge is 0.387 e. The maximum atomic E-state index is 11.8. The second-order valence-corrected chi connectivity index (χ2v) is 2.96. The average Bonchev–Trinajstić information content (AvgIpc) is 2.17. The molecule has 0 aliphatic heterocycles. The number of pyridine rings is 1. The van der Waals surface area contributed by atoms with Gasteiger partial charge < -0.3 is 9.64 Å². The van der Waals surface area contributed by atoms with Crippen LogP contribution in [0.15, 0.2) is 18.3 Å². The van der Waals surface area contributed by atoms with E-state index in [1.807, 2.05) is 0 Å². The quantitative estimate of drug-likeness (QED) is 0.766. The lowest BCUT2D eigenvalue weighted by Gasteiger charge is -2.09. The number of rotatable bonds is 3. The first-order chi connectivity index (χ1) is 7.00. The molecule has 1 aromatic heterocycles. The van der Waals surface area contributed by atoms with Crippen LogP contribution in [0.4, 0.5) is 8.78 Å². The van der Waals surface area contributed by atoms with Crippen LogP contribution in [-0.4, -0.2) is 36.5 Å². The summed E-state index contributed by atoms with van der Waals surface area (Å²) in [7, 11) is 3.15. The van der Waals surface area contributed by atoms with Crippen LogP contribution in [0.25, 0.3) is 0 Å². The third-order valence-corrected chi connectivity index (χ3v) is 1.59. The molecule has 0 aliphatic rings. The SMILES string of the molecule is CN(C)C(=O)c1ccc(OC(F)F)cn1. The highest BCUT2D eigenvalue weighted by Crippen LogP contribution is 2.12. The van der Waals surface area contributed by atoms with Gasteiger partial charge in [0, 0.05) is 14.1 Å². The molecule has 1 rings (SSSR count). The molecule has 0 aliphatic carbocycles. The number of alkyl halides is 2. The molecule has 6 heteroatoms. The maximum Gasteiger partial charge on any atom is 0.387 e. The van der Waals surface area contributed by atoms with E-state index >= 15 is 0 Å². The van der Waals surface area contributed by atoms with E-state index in [0.29, 0.717) is 0 Å². The Morgan fingerprint density at radius 3 is 2.53 bits per heavy atom. The molecule has 0 radical (unpaired) electrons. The van der Waals surface area contributed by atoms with Crippen molar-refractivity contribution >= 4 is 5.91 Å². The predicted molar refractivity (Wildman–Crippen MR) is 48.9 cm³/mol. The van der Waals surface area contributed by atoms with Crippen molar-refractivity contribution in [2.75, 3.05) is 14.1 Å². The minimum Gasteiger partial charge on any atom is -0.433 e. The van der Waals surface area contributed by atoms with Crippen molar-refractivity contribution < 1.29 is 18.3 Å². The fourth-order valence-electron chi connectivity index (χ4n) is 0.908. The van der Waals surface area contributed by atoms with E-state index in [0.717, 1.165) is 6.20 Å². The zero-order valence-corrected chi connectivity index (χ0v) is 8.28. The molecule has 0 saturated carbocycles. The summed E-state index contributed by atoms with van der Waals surface area (Å²) >= 11 is 0. The number of halogens is 2. The van der Waals surface area contributed by atoms with Crippen molar-refractivity contribution in [3.05, 3.63) is 24.0 Å². The number of hydrogen-bond donors (Lipinski definition) is 0. The molecule has 0 N–H and O–H groups in total. The molecule has 82 valence electrons. The Balaban J connectivity index is 2.76. The Bertz CT molecular complexity index is 338. The van der Waals surface area contributed by atoms with Gasteiger partial charge in [0.15, 0.2) is 0 Å². The summed E-state index contributed by atoms with van der Waals surface area (Å²) in [6.45, 7) is -2.89. The van der Waals surface area contributed by atoms with Crippen LogP contribution in [0, 0.1) is 0 Å². The Kier molecular flexibility index (Phi) is 3.54. The summed E-state index contributed by atoms with van der Waals surface area (Å²) in [6, 6.07) is 2.61. The molecule has 0 spiro atoms. The van der Waals surface area contributed by atoms with Gasteiger partial charge in [0.2, 0.25) is 0 Å². The highest BCUT2D eigenvalue weighted by molar-refractivity contribution is 5.91. The number of amides is 1. The minimum atomic E-state index is -2.89. The van der Waals surface area contributed by atoms with Gasteiger partial charge in [-0.2, -0.15) is 8.78 Å². The first-order valence-corrected chi connectivity index (χ1v) is 4.13. The van der Waals surface area contributed by atoms with E-state index in [1.165, 1.54) is 17.0 Å². The second kappa shape index (κ2) is 4.68. The van der Waals surface area contributed by atoms with Crippen LogP contribution < -0.4 is 4.74 Å². The minimum absolute atomic E-state index is 0.0692. The summed E-state index contributed by atoms with van der Waals surface area (Å²) in [4.78, 5) is 16.4.